The van der Waals surface area contributed by atoms with Crippen LogP contribution in [0.25, 0.3) is 0 Å². The molecule has 0 rings (SSSR count). The highest BCUT2D eigenvalue weighted by Gasteiger charge is 2.70. The maximum Gasteiger partial charge on any atom is 0.398 e. The molecule has 0 atom stereocenters. The zero-order chi connectivity index (χ0) is 18.4. The standard InChI is InChI=1S/C14H41BFNSi5/c1-14-17(18(2,3)4)15(16)22(19(5,6)7,20(8,9)10)21(11,12)13/h14H2,1-13H3. The molecule has 0 saturated carbocycles. The van der Waals surface area contributed by atoms with Crippen molar-refractivity contribution in [3.63, 3.8) is 0 Å². The molecule has 0 unspecified atom stereocenters. The van der Waals surface area contributed by atoms with E-state index in [1.165, 1.54) is 0 Å². The van der Waals surface area contributed by atoms with Crippen molar-refractivity contribution in [1.29, 1.82) is 0 Å². The van der Waals surface area contributed by atoms with Crippen LogP contribution in [0.3, 0.4) is 0 Å². The molecule has 0 heterocycles. The first kappa shape index (κ1) is 23.0. The summed E-state index contributed by atoms with van der Waals surface area (Å²) in [5, 5.41) is 0. The normalized spacial score (nSPS) is 15.4. The molecule has 0 radical (unpaired) electrons. The van der Waals surface area contributed by atoms with E-state index in [4.69, 9.17) is 0 Å². The van der Waals surface area contributed by atoms with Crippen LogP contribution in [0.15, 0.2) is 0 Å². The van der Waals surface area contributed by atoms with E-state index in [2.05, 4.69) is 90.0 Å². The van der Waals surface area contributed by atoms with Crippen LogP contribution in [0.1, 0.15) is 6.92 Å². The molecule has 0 aliphatic heterocycles. The number of hydrogen-bond donors (Lipinski definition) is 0. The molecule has 0 spiro atoms. The van der Waals surface area contributed by atoms with Gasteiger partial charge in [0, 0.05) is 22.8 Å². The van der Waals surface area contributed by atoms with E-state index in [9.17, 15) is 0 Å². The van der Waals surface area contributed by atoms with E-state index in [0.717, 1.165) is 6.54 Å². The lowest BCUT2D eigenvalue weighted by atomic mass is 10.3. The minimum absolute atomic E-state index is 0.617. The van der Waals surface area contributed by atoms with Crippen LogP contribution in [0.4, 0.5) is 4.32 Å². The predicted octanol–water partition coefficient (Wildman–Crippen LogP) is 5.38. The molecule has 0 fully saturated rings. The Balaban J connectivity index is 6.56. The number of hydrogen-bond acceptors (Lipinski definition) is 1. The molecule has 0 aromatic carbocycles. The minimum Gasteiger partial charge on any atom is -0.339 e. The zero-order valence-electron chi connectivity index (χ0n) is 17.6. The molecular weight excluding hydrogens is 352 g/mol. The number of halogens is 1. The molecule has 1 nitrogen and oxygen atoms in total. The van der Waals surface area contributed by atoms with E-state index < -0.39 is 44.2 Å². The van der Waals surface area contributed by atoms with Crippen molar-refractivity contribution in [2.24, 2.45) is 0 Å². The summed E-state index contributed by atoms with van der Waals surface area (Å²) in [5.74, 6) is 0. The lowest BCUT2D eigenvalue weighted by Crippen LogP contribution is -2.91. The molecule has 0 aliphatic rings. The molecule has 8 heteroatoms. The summed E-state index contributed by atoms with van der Waals surface area (Å²) in [6.07, 6.45) is 0. The largest absolute Gasteiger partial charge is 0.398 e. The second kappa shape index (κ2) is 6.74. The fourth-order valence-corrected chi connectivity index (χ4v) is 109. The Morgan fingerprint density at radius 1 is 0.682 bits per heavy atom. The van der Waals surface area contributed by atoms with E-state index in [1.54, 1.807) is 0 Å². The van der Waals surface area contributed by atoms with Crippen molar-refractivity contribution in [1.82, 2.24) is 4.48 Å². The van der Waals surface area contributed by atoms with Crippen LogP contribution in [0, 0.1) is 0 Å². The van der Waals surface area contributed by atoms with Gasteiger partial charge in [-0.3, -0.25) is 0 Å². The van der Waals surface area contributed by atoms with Gasteiger partial charge in [-0.15, -0.1) is 0 Å². The molecule has 0 N–H and O–H groups in total. The Kier molecular flexibility index (Phi) is 7.06. The van der Waals surface area contributed by atoms with Gasteiger partial charge in [-0.2, -0.15) is 0 Å². The lowest BCUT2D eigenvalue weighted by Gasteiger charge is -2.60. The van der Waals surface area contributed by atoms with Gasteiger partial charge in [0.15, 0.2) is 0 Å². The summed E-state index contributed by atoms with van der Waals surface area (Å²) in [5.41, 5.74) is 0. The van der Waals surface area contributed by atoms with Crippen molar-refractivity contribution in [3.8, 4) is 0 Å². The average Bonchev–Trinajstić information content (AvgIpc) is 2.07. The highest BCUT2D eigenvalue weighted by Crippen LogP contribution is 2.40. The van der Waals surface area contributed by atoms with Gasteiger partial charge < -0.3 is 8.79 Å². The molecule has 0 saturated heterocycles. The van der Waals surface area contributed by atoms with Gasteiger partial charge in [-0.05, 0) is 6.54 Å². The van der Waals surface area contributed by atoms with Gasteiger partial charge in [-0.1, -0.05) is 85.5 Å². The first-order chi connectivity index (χ1) is 9.35. The summed E-state index contributed by atoms with van der Waals surface area (Å²) in [7, 11) is -6.32. The highest BCUT2D eigenvalue weighted by molar-refractivity contribution is 8.03. The highest BCUT2D eigenvalue weighted by atomic mass is 29.9. The van der Waals surface area contributed by atoms with Crippen LogP contribution in [0.5, 0.6) is 0 Å². The quantitative estimate of drug-likeness (QED) is 0.525. The SMILES string of the molecule is CCN(B(F)[Si]([Si](C)(C)C)([Si](C)(C)C)[Si](C)(C)C)[Si](C)(C)C. The van der Waals surface area contributed by atoms with Crippen molar-refractivity contribution in [2.75, 3.05) is 6.54 Å². The molecular formula is C14H41BFNSi5. The van der Waals surface area contributed by atoms with Gasteiger partial charge in [0.05, 0.1) is 6.50 Å². The molecule has 132 valence electrons. The third-order valence-corrected chi connectivity index (χ3v) is 80.0. The first-order valence-electron chi connectivity index (χ1n) is 8.76. The van der Waals surface area contributed by atoms with Crippen LogP contribution in [0.2, 0.25) is 78.6 Å². The summed E-state index contributed by atoms with van der Waals surface area (Å²) in [4.78, 5) is 0. The summed E-state index contributed by atoms with van der Waals surface area (Å²) in [6.45, 7) is 29.8. The van der Waals surface area contributed by atoms with E-state index in [0.29, 0.717) is 0 Å². The van der Waals surface area contributed by atoms with Gasteiger partial charge in [0.2, 0.25) is 0 Å². The molecule has 0 aliphatic carbocycles. The second-order valence-electron chi connectivity index (χ2n) is 10.9. The van der Waals surface area contributed by atoms with E-state index >= 15 is 4.32 Å². The molecule has 0 aromatic heterocycles. The topological polar surface area (TPSA) is 3.24 Å². The Bertz CT molecular complexity index is 343. The number of nitrogens with zero attached hydrogens (tertiary/aromatic N) is 1. The van der Waals surface area contributed by atoms with Crippen molar-refractivity contribution >= 4 is 44.2 Å². The van der Waals surface area contributed by atoms with Gasteiger partial charge in [-0.25, -0.2) is 0 Å². The molecule has 0 bridgehead atoms. The van der Waals surface area contributed by atoms with Crippen LogP contribution >= 0.6 is 0 Å². The fraction of sp³-hybridized carbons (Fsp3) is 1.00. The fourth-order valence-electron chi connectivity index (χ4n) is 5.66. The molecule has 0 amide bonds. The Hall–Kier alpha value is 1.04. The van der Waals surface area contributed by atoms with E-state index in [-0.39, 0.29) is 0 Å². The third kappa shape index (κ3) is 3.99. The van der Waals surface area contributed by atoms with Crippen molar-refractivity contribution < 1.29 is 4.32 Å². The molecule has 0 aromatic rings. The third-order valence-electron chi connectivity index (χ3n) is 5.38. The van der Waals surface area contributed by atoms with Crippen LogP contribution < -0.4 is 0 Å². The Morgan fingerprint density at radius 3 is 1.09 bits per heavy atom. The van der Waals surface area contributed by atoms with Crippen LogP contribution in [-0.2, 0) is 0 Å². The maximum absolute atomic E-state index is 16.5. The Morgan fingerprint density at radius 2 is 0.955 bits per heavy atom. The summed E-state index contributed by atoms with van der Waals surface area (Å²) < 4.78 is 18.8. The van der Waals surface area contributed by atoms with Crippen molar-refractivity contribution in [2.45, 2.75) is 85.5 Å². The predicted molar refractivity (Wildman–Crippen MR) is 118 cm³/mol. The van der Waals surface area contributed by atoms with Crippen molar-refractivity contribution in [3.05, 3.63) is 0 Å². The van der Waals surface area contributed by atoms with Gasteiger partial charge in [0.1, 0.15) is 8.24 Å². The summed E-state index contributed by atoms with van der Waals surface area (Å²) in [6, 6.07) is 0. The minimum atomic E-state index is -1.99. The van der Waals surface area contributed by atoms with Gasteiger partial charge in [0.25, 0.3) is 0 Å². The van der Waals surface area contributed by atoms with E-state index in [1.807, 2.05) is 0 Å². The lowest BCUT2D eigenvalue weighted by molar-refractivity contribution is 0.609. The average molecular weight is 394 g/mol. The first-order valence-corrected chi connectivity index (χ1v) is 27.8. The summed E-state index contributed by atoms with van der Waals surface area (Å²) >= 11 is 0. The smallest absolute Gasteiger partial charge is 0.339 e. The monoisotopic (exact) mass is 393 g/mol. The maximum atomic E-state index is 16.5. The van der Waals surface area contributed by atoms with Gasteiger partial charge >= 0.3 is 6.72 Å². The zero-order valence-corrected chi connectivity index (χ0v) is 22.6. The number of rotatable bonds is 7. The second-order valence-corrected chi connectivity index (χ2v) is 56.5. The van der Waals surface area contributed by atoms with Crippen LogP contribution in [-0.4, -0.2) is 55.2 Å². The molecule has 22 heavy (non-hydrogen) atoms. The Labute approximate surface area is 145 Å².